The summed E-state index contributed by atoms with van der Waals surface area (Å²) < 4.78 is 0. The number of hydrogen-bond acceptors (Lipinski definition) is 0. The molecule has 0 atom stereocenters. The molecule has 0 N–H and O–H groups in total. The lowest BCUT2D eigenvalue weighted by molar-refractivity contribution is 0.557. The van der Waals surface area contributed by atoms with E-state index in [2.05, 4.69) is 38.2 Å². The van der Waals surface area contributed by atoms with Crippen molar-refractivity contribution in [3.05, 3.63) is 24.3 Å². The molecule has 0 aromatic heterocycles. The first kappa shape index (κ1) is 21.5. The van der Waals surface area contributed by atoms with Crippen molar-refractivity contribution < 1.29 is 0 Å². The summed E-state index contributed by atoms with van der Waals surface area (Å²) in [5, 5.41) is 0. The molecule has 0 rings (SSSR count). The molecule has 0 saturated heterocycles. The Morgan fingerprint density at radius 2 is 0.773 bits per heavy atom. The lowest BCUT2D eigenvalue weighted by Crippen LogP contribution is -1.81. The predicted octanol–water partition coefficient (Wildman–Crippen LogP) is 8.38. The number of rotatable bonds is 17. The average molecular weight is 307 g/mol. The fraction of sp³-hybridized carbons (Fsp3) is 0.818. The largest absolute Gasteiger partial charge is 0.0882 e. The van der Waals surface area contributed by atoms with Gasteiger partial charge in [-0.3, -0.25) is 0 Å². The van der Waals surface area contributed by atoms with Crippen LogP contribution in [0.15, 0.2) is 24.3 Å². The monoisotopic (exact) mass is 306 g/mol. The predicted molar refractivity (Wildman–Crippen MR) is 104 cm³/mol. The van der Waals surface area contributed by atoms with Crippen LogP contribution in [0.3, 0.4) is 0 Å². The van der Waals surface area contributed by atoms with Gasteiger partial charge in [-0.15, -0.1) is 0 Å². The van der Waals surface area contributed by atoms with Crippen LogP contribution in [0, 0.1) is 0 Å². The molecule has 0 amide bonds. The first-order valence-electron chi connectivity index (χ1n) is 10.2. The lowest BCUT2D eigenvalue weighted by atomic mass is 10.1. The maximum Gasteiger partial charge on any atom is -0.0169 e. The molecular weight excluding hydrogens is 264 g/mol. The third-order valence-electron chi connectivity index (χ3n) is 4.30. The Morgan fingerprint density at radius 3 is 1.27 bits per heavy atom. The Morgan fingerprint density at radius 1 is 0.409 bits per heavy atom. The van der Waals surface area contributed by atoms with Gasteiger partial charge in [0.1, 0.15) is 0 Å². The van der Waals surface area contributed by atoms with Gasteiger partial charge in [0.2, 0.25) is 0 Å². The van der Waals surface area contributed by atoms with E-state index < -0.39 is 0 Å². The molecule has 0 fully saturated rings. The van der Waals surface area contributed by atoms with Crippen molar-refractivity contribution in [2.75, 3.05) is 0 Å². The Hall–Kier alpha value is -0.520. The number of hydrogen-bond donors (Lipinski definition) is 0. The van der Waals surface area contributed by atoms with Crippen molar-refractivity contribution in [2.24, 2.45) is 0 Å². The third kappa shape index (κ3) is 19.5. The highest BCUT2D eigenvalue weighted by atomic mass is 14.0. The van der Waals surface area contributed by atoms with Gasteiger partial charge < -0.3 is 0 Å². The summed E-state index contributed by atoms with van der Waals surface area (Å²) >= 11 is 0. The molecule has 130 valence electrons. The molecule has 0 bridgehead atoms. The summed E-state index contributed by atoms with van der Waals surface area (Å²) in [6.45, 7) is 4.55. The Bertz CT molecular complexity index is 236. The smallest absolute Gasteiger partial charge is 0.0169 e. The number of allylic oxidation sites excluding steroid dienone is 4. The van der Waals surface area contributed by atoms with Gasteiger partial charge in [0.05, 0.1) is 0 Å². The summed E-state index contributed by atoms with van der Waals surface area (Å²) in [5.74, 6) is 0. The van der Waals surface area contributed by atoms with Gasteiger partial charge in [-0.25, -0.2) is 0 Å². The fourth-order valence-electron chi connectivity index (χ4n) is 2.77. The Balaban J connectivity index is 3.11. The van der Waals surface area contributed by atoms with E-state index in [9.17, 15) is 0 Å². The van der Waals surface area contributed by atoms with Crippen LogP contribution < -0.4 is 0 Å². The van der Waals surface area contributed by atoms with Crippen LogP contribution in [0.2, 0.25) is 0 Å². The summed E-state index contributed by atoms with van der Waals surface area (Å²) in [6, 6.07) is 0. The SMILES string of the molecule is CCCCC/C=C\C/C=C\CCCCCCCCCCCC. The van der Waals surface area contributed by atoms with E-state index in [4.69, 9.17) is 0 Å². The zero-order valence-corrected chi connectivity index (χ0v) is 15.6. The highest BCUT2D eigenvalue weighted by molar-refractivity contribution is 4.92. The minimum Gasteiger partial charge on any atom is -0.0882 e. The second-order valence-corrected chi connectivity index (χ2v) is 6.64. The molecule has 0 heterocycles. The zero-order chi connectivity index (χ0) is 16.1. The van der Waals surface area contributed by atoms with Crippen LogP contribution in [0.1, 0.15) is 117 Å². The molecule has 0 radical (unpaired) electrons. The first-order chi connectivity index (χ1) is 10.9. The molecule has 0 nitrogen and oxygen atoms in total. The van der Waals surface area contributed by atoms with Crippen molar-refractivity contribution >= 4 is 0 Å². The van der Waals surface area contributed by atoms with Gasteiger partial charge in [0.15, 0.2) is 0 Å². The van der Waals surface area contributed by atoms with Crippen molar-refractivity contribution in [1.82, 2.24) is 0 Å². The summed E-state index contributed by atoms with van der Waals surface area (Å²) in [7, 11) is 0. The topological polar surface area (TPSA) is 0 Å². The van der Waals surface area contributed by atoms with Crippen LogP contribution in [-0.4, -0.2) is 0 Å². The van der Waals surface area contributed by atoms with Gasteiger partial charge in [0.25, 0.3) is 0 Å². The van der Waals surface area contributed by atoms with E-state index in [0.717, 1.165) is 6.42 Å². The van der Waals surface area contributed by atoms with Crippen LogP contribution in [0.4, 0.5) is 0 Å². The van der Waals surface area contributed by atoms with Crippen LogP contribution in [-0.2, 0) is 0 Å². The normalized spacial score (nSPS) is 11.9. The highest BCUT2D eigenvalue weighted by Crippen LogP contribution is 2.11. The Labute approximate surface area is 141 Å². The Kier molecular flexibility index (Phi) is 20.0. The summed E-state index contributed by atoms with van der Waals surface area (Å²) in [4.78, 5) is 0. The van der Waals surface area contributed by atoms with E-state index in [1.807, 2.05) is 0 Å². The second-order valence-electron chi connectivity index (χ2n) is 6.64. The highest BCUT2D eigenvalue weighted by Gasteiger charge is 1.91. The van der Waals surface area contributed by atoms with Gasteiger partial charge in [0, 0.05) is 0 Å². The minimum atomic E-state index is 1.13. The first-order valence-corrected chi connectivity index (χ1v) is 10.2. The van der Waals surface area contributed by atoms with E-state index in [-0.39, 0.29) is 0 Å². The van der Waals surface area contributed by atoms with Gasteiger partial charge >= 0.3 is 0 Å². The molecule has 22 heavy (non-hydrogen) atoms. The van der Waals surface area contributed by atoms with E-state index >= 15 is 0 Å². The molecule has 0 aromatic carbocycles. The van der Waals surface area contributed by atoms with Crippen LogP contribution in [0.5, 0.6) is 0 Å². The molecule has 0 aromatic rings. The van der Waals surface area contributed by atoms with Crippen LogP contribution in [0.25, 0.3) is 0 Å². The van der Waals surface area contributed by atoms with Gasteiger partial charge in [-0.2, -0.15) is 0 Å². The minimum absolute atomic E-state index is 1.13. The molecule has 0 aliphatic heterocycles. The maximum absolute atomic E-state index is 2.38. The zero-order valence-electron chi connectivity index (χ0n) is 15.6. The van der Waals surface area contributed by atoms with Crippen molar-refractivity contribution in [3.8, 4) is 0 Å². The van der Waals surface area contributed by atoms with Crippen molar-refractivity contribution in [2.45, 2.75) is 117 Å². The summed E-state index contributed by atoms with van der Waals surface area (Å²) in [5.41, 5.74) is 0. The standard InChI is InChI=1S/C22H42/c1-3-5-7-9-11-13-15-17-19-21-22-20-18-16-14-12-10-8-6-4-2/h11,13,17,19H,3-10,12,14-16,18,20-22H2,1-2H3/b13-11-,19-17-. The van der Waals surface area contributed by atoms with Gasteiger partial charge in [-0.05, 0) is 32.1 Å². The summed E-state index contributed by atoms with van der Waals surface area (Å²) in [6.07, 6.45) is 31.4. The molecule has 0 unspecified atom stereocenters. The van der Waals surface area contributed by atoms with E-state index in [1.165, 1.54) is 96.3 Å². The fourth-order valence-corrected chi connectivity index (χ4v) is 2.77. The molecule has 0 aliphatic rings. The van der Waals surface area contributed by atoms with Gasteiger partial charge in [-0.1, -0.05) is 109 Å². The molecular formula is C22H42. The van der Waals surface area contributed by atoms with E-state index in [0.29, 0.717) is 0 Å². The molecule has 0 heteroatoms. The lowest BCUT2D eigenvalue weighted by Gasteiger charge is -2.01. The van der Waals surface area contributed by atoms with Crippen LogP contribution >= 0.6 is 0 Å². The quantitative estimate of drug-likeness (QED) is 0.187. The molecule has 0 aliphatic carbocycles. The van der Waals surface area contributed by atoms with Crippen molar-refractivity contribution in [1.29, 1.82) is 0 Å². The number of unbranched alkanes of at least 4 members (excludes halogenated alkanes) is 13. The maximum atomic E-state index is 2.38. The van der Waals surface area contributed by atoms with E-state index in [1.54, 1.807) is 0 Å². The second kappa shape index (κ2) is 20.5. The average Bonchev–Trinajstić information content (AvgIpc) is 2.54. The third-order valence-corrected chi connectivity index (χ3v) is 4.30. The molecule has 0 saturated carbocycles. The van der Waals surface area contributed by atoms with Crippen molar-refractivity contribution in [3.63, 3.8) is 0 Å². The molecule has 0 spiro atoms.